The van der Waals surface area contributed by atoms with E-state index in [-0.39, 0.29) is 5.91 Å². The van der Waals surface area contributed by atoms with E-state index in [1.807, 2.05) is 24.3 Å². The van der Waals surface area contributed by atoms with Crippen LogP contribution in [-0.4, -0.2) is 24.5 Å². The molecule has 5 nitrogen and oxygen atoms in total. The molecule has 3 N–H and O–H groups in total. The molecule has 104 valence electrons. The molecule has 5 heteroatoms. The molecule has 0 saturated heterocycles. The van der Waals surface area contributed by atoms with E-state index in [2.05, 4.69) is 10.3 Å². The molecule has 2 aromatic rings. The summed E-state index contributed by atoms with van der Waals surface area (Å²) < 4.78 is 5.15. The van der Waals surface area contributed by atoms with Crippen molar-refractivity contribution in [2.24, 2.45) is 0 Å². The third-order valence-corrected chi connectivity index (χ3v) is 2.85. The Balaban J connectivity index is 1.88. The van der Waals surface area contributed by atoms with Crippen molar-refractivity contribution in [2.45, 2.75) is 6.42 Å². The van der Waals surface area contributed by atoms with E-state index >= 15 is 0 Å². The SMILES string of the molecule is COc1cccc(CCNC(=O)c2cc(N)ccn2)c1. The lowest BCUT2D eigenvalue weighted by Crippen LogP contribution is -2.26. The highest BCUT2D eigenvalue weighted by atomic mass is 16.5. The van der Waals surface area contributed by atoms with Gasteiger partial charge in [0.1, 0.15) is 11.4 Å². The number of hydrogen-bond donors (Lipinski definition) is 2. The van der Waals surface area contributed by atoms with Gasteiger partial charge in [-0.05, 0) is 36.2 Å². The molecule has 0 radical (unpaired) electrons. The number of aromatic nitrogens is 1. The molecule has 0 saturated carbocycles. The minimum absolute atomic E-state index is 0.222. The van der Waals surface area contributed by atoms with Gasteiger partial charge in [-0.3, -0.25) is 9.78 Å². The number of methoxy groups -OCH3 is 1. The molecule has 0 atom stereocenters. The van der Waals surface area contributed by atoms with Crippen LogP contribution in [0.25, 0.3) is 0 Å². The Morgan fingerprint density at radius 3 is 2.95 bits per heavy atom. The molecule has 0 unspecified atom stereocenters. The highest BCUT2D eigenvalue weighted by Crippen LogP contribution is 2.12. The van der Waals surface area contributed by atoms with E-state index in [9.17, 15) is 4.79 Å². The first-order valence-corrected chi connectivity index (χ1v) is 6.31. The molecule has 2 rings (SSSR count). The van der Waals surface area contributed by atoms with Crippen LogP contribution in [0.3, 0.4) is 0 Å². The Morgan fingerprint density at radius 1 is 1.35 bits per heavy atom. The van der Waals surface area contributed by atoms with Crippen LogP contribution in [0, 0.1) is 0 Å². The number of ether oxygens (including phenoxy) is 1. The van der Waals surface area contributed by atoms with Crippen LogP contribution < -0.4 is 15.8 Å². The number of amides is 1. The van der Waals surface area contributed by atoms with Crippen LogP contribution >= 0.6 is 0 Å². The summed E-state index contributed by atoms with van der Waals surface area (Å²) in [7, 11) is 1.63. The summed E-state index contributed by atoms with van der Waals surface area (Å²) in [5.74, 6) is 0.589. The van der Waals surface area contributed by atoms with Crippen LogP contribution in [0.1, 0.15) is 16.1 Å². The van der Waals surface area contributed by atoms with Crippen molar-refractivity contribution in [3.63, 3.8) is 0 Å². The van der Waals surface area contributed by atoms with Crippen molar-refractivity contribution < 1.29 is 9.53 Å². The molecule has 0 bridgehead atoms. The van der Waals surface area contributed by atoms with Gasteiger partial charge in [-0.15, -0.1) is 0 Å². The van der Waals surface area contributed by atoms with Crippen molar-refractivity contribution in [3.8, 4) is 5.75 Å². The van der Waals surface area contributed by atoms with Gasteiger partial charge in [0.2, 0.25) is 0 Å². The predicted molar refractivity (Wildman–Crippen MR) is 77.7 cm³/mol. The summed E-state index contributed by atoms with van der Waals surface area (Å²) in [6, 6.07) is 11.0. The van der Waals surface area contributed by atoms with Crippen molar-refractivity contribution in [1.29, 1.82) is 0 Å². The number of pyridine rings is 1. The molecule has 1 aromatic heterocycles. The molecule has 0 spiro atoms. The summed E-state index contributed by atoms with van der Waals surface area (Å²) in [5.41, 5.74) is 7.57. The molecule has 1 amide bonds. The van der Waals surface area contributed by atoms with E-state index in [0.29, 0.717) is 17.9 Å². The molecule has 0 fully saturated rings. The summed E-state index contributed by atoms with van der Waals surface area (Å²) in [5, 5.41) is 2.81. The normalized spacial score (nSPS) is 10.1. The first kappa shape index (κ1) is 13.9. The zero-order valence-corrected chi connectivity index (χ0v) is 11.3. The number of carbonyl (C=O) groups is 1. The largest absolute Gasteiger partial charge is 0.497 e. The average Bonchev–Trinajstić information content (AvgIpc) is 2.47. The molecule has 20 heavy (non-hydrogen) atoms. The Morgan fingerprint density at radius 2 is 2.20 bits per heavy atom. The summed E-state index contributed by atoms with van der Waals surface area (Å²) in [6.45, 7) is 0.530. The maximum Gasteiger partial charge on any atom is 0.269 e. The third kappa shape index (κ3) is 3.71. The number of rotatable bonds is 5. The lowest BCUT2D eigenvalue weighted by molar-refractivity contribution is 0.0949. The minimum atomic E-state index is -0.222. The Labute approximate surface area is 117 Å². The second kappa shape index (κ2) is 6.56. The standard InChI is InChI=1S/C15H17N3O2/c1-20-13-4-2-3-11(9-13)5-7-18-15(19)14-10-12(16)6-8-17-14/h2-4,6,8-10H,5,7H2,1H3,(H2,16,17)(H,18,19). The van der Waals surface area contributed by atoms with Crippen LogP contribution in [0.5, 0.6) is 5.75 Å². The molecular weight excluding hydrogens is 254 g/mol. The number of nitrogen functional groups attached to an aromatic ring is 1. The van der Waals surface area contributed by atoms with Crippen LogP contribution in [0.15, 0.2) is 42.6 Å². The smallest absolute Gasteiger partial charge is 0.269 e. The van der Waals surface area contributed by atoms with Gasteiger partial charge < -0.3 is 15.8 Å². The van der Waals surface area contributed by atoms with Gasteiger partial charge in [-0.1, -0.05) is 12.1 Å². The van der Waals surface area contributed by atoms with Gasteiger partial charge in [0.05, 0.1) is 7.11 Å². The zero-order valence-electron chi connectivity index (χ0n) is 11.3. The highest BCUT2D eigenvalue weighted by molar-refractivity contribution is 5.92. The molecular formula is C15H17N3O2. The van der Waals surface area contributed by atoms with Crippen LogP contribution in [-0.2, 0) is 6.42 Å². The van der Waals surface area contributed by atoms with Crippen molar-refractivity contribution >= 4 is 11.6 Å². The van der Waals surface area contributed by atoms with E-state index in [1.165, 1.54) is 6.20 Å². The monoisotopic (exact) mass is 271 g/mol. The minimum Gasteiger partial charge on any atom is -0.497 e. The van der Waals surface area contributed by atoms with Gasteiger partial charge in [0, 0.05) is 18.4 Å². The van der Waals surface area contributed by atoms with Gasteiger partial charge in [-0.25, -0.2) is 0 Å². The summed E-state index contributed by atoms with van der Waals surface area (Å²) in [6.07, 6.45) is 2.25. The van der Waals surface area contributed by atoms with Gasteiger partial charge in [0.15, 0.2) is 0 Å². The van der Waals surface area contributed by atoms with Crippen molar-refractivity contribution in [1.82, 2.24) is 10.3 Å². The number of hydrogen-bond acceptors (Lipinski definition) is 4. The maximum absolute atomic E-state index is 11.9. The fourth-order valence-corrected chi connectivity index (χ4v) is 1.81. The lowest BCUT2D eigenvalue weighted by atomic mass is 10.1. The summed E-state index contributed by atoms with van der Waals surface area (Å²) >= 11 is 0. The lowest BCUT2D eigenvalue weighted by Gasteiger charge is -2.06. The topological polar surface area (TPSA) is 77.2 Å². The van der Waals surface area contributed by atoms with Crippen molar-refractivity contribution in [2.75, 3.05) is 19.4 Å². The quantitative estimate of drug-likeness (QED) is 0.866. The van der Waals surface area contributed by atoms with E-state index in [0.717, 1.165) is 17.7 Å². The van der Waals surface area contributed by atoms with Crippen molar-refractivity contribution in [3.05, 3.63) is 53.9 Å². The number of nitrogens with two attached hydrogens (primary N) is 1. The van der Waals surface area contributed by atoms with Gasteiger partial charge in [0.25, 0.3) is 5.91 Å². The fraction of sp³-hybridized carbons (Fsp3) is 0.200. The van der Waals surface area contributed by atoms with Crippen LogP contribution in [0.4, 0.5) is 5.69 Å². The number of benzene rings is 1. The van der Waals surface area contributed by atoms with Gasteiger partial charge >= 0.3 is 0 Å². The number of nitrogens with one attached hydrogen (secondary N) is 1. The molecule has 1 aromatic carbocycles. The first-order valence-electron chi connectivity index (χ1n) is 6.31. The van der Waals surface area contributed by atoms with E-state index < -0.39 is 0 Å². The van der Waals surface area contributed by atoms with E-state index in [1.54, 1.807) is 19.2 Å². The highest BCUT2D eigenvalue weighted by Gasteiger charge is 2.06. The second-order valence-corrected chi connectivity index (χ2v) is 4.33. The Hall–Kier alpha value is -2.56. The van der Waals surface area contributed by atoms with Crippen LogP contribution in [0.2, 0.25) is 0 Å². The Kier molecular flexibility index (Phi) is 4.55. The molecule has 0 aliphatic heterocycles. The number of carbonyl (C=O) groups excluding carboxylic acids is 1. The zero-order chi connectivity index (χ0) is 14.4. The average molecular weight is 271 g/mol. The Bertz CT molecular complexity index is 599. The predicted octanol–water partition coefficient (Wildman–Crippen LogP) is 1.64. The molecule has 0 aliphatic carbocycles. The molecule has 0 aliphatic rings. The first-order chi connectivity index (χ1) is 9.69. The number of nitrogens with zero attached hydrogens (tertiary/aromatic N) is 1. The summed E-state index contributed by atoms with van der Waals surface area (Å²) in [4.78, 5) is 15.8. The van der Waals surface area contributed by atoms with E-state index in [4.69, 9.17) is 10.5 Å². The maximum atomic E-state index is 11.9. The number of anilines is 1. The molecule has 1 heterocycles. The second-order valence-electron chi connectivity index (χ2n) is 4.33. The van der Waals surface area contributed by atoms with Gasteiger partial charge in [-0.2, -0.15) is 0 Å². The third-order valence-electron chi connectivity index (χ3n) is 2.85. The fourth-order valence-electron chi connectivity index (χ4n) is 1.81.